The highest BCUT2D eigenvalue weighted by Crippen LogP contribution is 2.32. The monoisotopic (exact) mass is 1710 g/mol. The van der Waals surface area contributed by atoms with Crippen LogP contribution >= 0.6 is 0 Å². The first-order valence-corrected chi connectivity index (χ1v) is 38.3. The van der Waals surface area contributed by atoms with E-state index in [1.54, 1.807) is 85.5 Å². The largest absolute Gasteiger partial charge is 0.497 e. The molecule has 36 nitrogen and oxygen atoms in total. The van der Waals surface area contributed by atoms with Gasteiger partial charge in [0.25, 0.3) is 30.4 Å². The van der Waals surface area contributed by atoms with Gasteiger partial charge in [0, 0.05) is 98.4 Å². The summed E-state index contributed by atoms with van der Waals surface area (Å²) in [5.74, 6) is 3.22. The normalized spacial score (nSPS) is 10.2. The fraction of sp³-hybridized carbons (Fsp3) is 0.247. The van der Waals surface area contributed by atoms with Crippen molar-refractivity contribution in [2.75, 3.05) is 33.8 Å². The molecule has 0 aliphatic heterocycles. The van der Waals surface area contributed by atoms with Crippen molar-refractivity contribution in [3.63, 3.8) is 0 Å². The number of aliphatic hydroxyl groups excluding tert-OH is 1. The van der Waals surface area contributed by atoms with Gasteiger partial charge in [-0.05, 0) is 137 Å². The van der Waals surface area contributed by atoms with Gasteiger partial charge in [-0.3, -0.25) is 63.9 Å². The predicted octanol–water partition coefficient (Wildman–Crippen LogP) is 11.8. The van der Waals surface area contributed by atoms with Crippen molar-refractivity contribution in [2.24, 2.45) is 5.73 Å². The molecule has 0 aliphatic rings. The molecule has 0 saturated heterocycles. The number of imidazole rings is 3. The van der Waals surface area contributed by atoms with E-state index in [4.69, 9.17) is 43.7 Å². The summed E-state index contributed by atoms with van der Waals surface area (Å²) in [4.78, 5) is 136. The van der Waals surface area contributed by atoms with Crippen molar-refractivity contribution >= 4 is 75.7 Å². The zero-order valence-electron chi connectivity index (χ0n) is 70.8. The Labute approximate surface area is 716 Å². The molecule has 7 N–H and O–H groups in total. The van der Waals surface area contributed by atoms with Gasteiger partial charge in [0.1, 0.15) is 70.8 Å². The number of nitrogens with one attached hydrogen (secondary N) is 4. The summed E-state index contributed by atoms with van der Waals surface area (Å²) >= 11 is 0. The van der Waals surface area contributed by atoms with Gasteiger partial charge >= 0.3 is 17.5 Å². The highest BCUT2D eigenvalue weighted by Gasteiger charge is 2.24. The summed E-state index contributed by atoms with van der Waals surface area (Å²) < 4.78 is 40.7. The lowest BCUT2D eigenvalue weighted by Crippen LogP contribution is -2.16. The molecule has 0 bridgehead atoms. The van der Waals surface area contributed by atoms with Gasteiger partial charge in [-0.2, -0.15) is 9.59 Å². The number of methoxy groups -OCH3 is 4. The molecule has 0 fully saturated rings. The molecule has 0 amide bonds. The number of nitro groups is 2. The van der Waals surface area contributed by atoms with Crippen LogP contribution in [0.5, 0.6) is 23.0 Å². The number of ether oxygens (including phenoxy) is 7. The molecule has 36 heteroatoms. The van der Waals surface area contributed by atoms with E-state index >= 15 is 0 Å². The summed E-state index contributed by atoms with van der Waals surface area (Å²) in [6.45, 7) is 18.2. The number of aliphatic hydroxyl groups is 1. The Morgan fingerprint density at radius 2 is 0.912 bits per heavy atom. The fourth-order valence-corrected chi connectivity index (χ4v) is 12.3. The van der Waals surface area contributed by atoms with E-state index in [1.165, 1.54) is 53.2 Å². The minimum absolute atomic E-state index is 0.0411. The van der Waals surface area contributed by atoms with E-state index in [0.717, 1.165) is 91.8 Å². The number of hydrogen-bond donors (Lipinski definition) is 6. The van der Waals surface area contributed by atoms with Crippen LogP contribution in [0, 0.1) is 68.7 Å². The van der Waals surface area contributed by atoms with Gasteiger partial charge in [-0.15, -0.1) is 0 Å². The second kappa shape index (κ2) is 49.2. The molecule has 0 saturated carbocycles. The van der Waals surface area contributed by atoms with Crippen molar-refractivity contribution in [3.8, 4) is 23.0 Å². The number of pyridine rings is 6. The van der Waals surface area contributed by atoms with Crippen molar-refractivity contribution in [1.82, 2.24) is 58.6 Å². The third-order valence-corrected chi connectivity index (χ3v) is 18.8. The molecule has 9 aromatic heterocycles. The molecule has 14 aromatic rings. The Morgan fingerprint density at radius 3 is 1.33 bits per heavy atom. The summed E-state index contributed by atoms with van der Waals surface area (Å²) in [5.41, 5.74) is 23.0. The first-order chi connectivity index (χ1) is 60.2. The molecule has 5 aromatic carbocycles. The van der Waals surface area contributed by atoms with E-state index in [-0.39, 0.29) is 72.7 Å². The highest BCUT2D eigenvalue weighted by atomic mass is 16.6. The average Bonchev–Trinajstić information content (AvgIpc) is 1.68. The number of carbonyl (C=O) groups is 3. The van der Waals surface area contributed by atoms with E-state index in [9.17, 15) is 54.1 Å². The Morgan fingerprint density at radius 1 is 0.504 bits per heavy atom. The standard InChI is InChI=1S/C17H17N3O3.C17H19N3O.C16H17N3O5.C16H17N3O3.C8H8N2O5.C8H11N.C6H7NO.CO2/c1-12-16-17(14(7-18-12)9-23-11-21)20(10-19-16)8-13-3-5-15(22-2)6-4-13;1-4-14-9-18-12(2)16-17(14)20(11-19-16)10-13-5-7-15(21-3)8-6-13;1-11-16(19(21)22)15(13(8-17-11)9-24-10-20)18-7-12-3-5-14(23-2)6-4-12;1-10-14-15(13(8-20)16(21)18-10)19(9-17-14)7-11-3-5-12(22-2)6-4-11;1-5-7(10(13)14)8(12)6(2-9-5)3-15-4-11;1-7-2-4-8(6-9)5-3-7;1-5-4-6(8)2-3-7-5;2-1-3/h3-7,10-11H,8-9H2,1-2H3;5-9,11H,4,10H2,1-3H3;3-6,8,10H,7,9H2,1-2H3,(H,17,18);3-6,9,20H,7-8H2,1-2H3,(H,18,21);2,4H,3H2,1H3,(H,9,12);2-5H,6,9H2,1H3;2-4H,1H3,(H,7,8);. The number of carbonyl (C=O) groups excluding carboxylic acids is 5. The molecule has 0 aliphatic carbocycles. The Bertz CT molecular complexity index is 6120. The van der Waals surface area contributed by atoms with Gasteiger partial charge in [0.05, 0.1) is 109 Å². The lowest BCUT2D eigenvalue weighted by Gasteiger charge is -2.13. The number of hydrogen-bond acceptors (Lipinski definition) is 28. The molecule has 652 valence electrons. The number of rotatable bonds is 27. The molecular weight excluding hydrogens is 1610 g/mol. The Hall–Kier alpha value is -15.7. The Balaban J connectivity index is 0.000000204. The summed E-state index contributed by atoms with van der Waals surface area (Å²) in [6.07, 6.45) is 14.7. The van der Waals surface area contributed by atoms with Crippen LogP contribution in [0.3, 0.4) is 0 Å². The summed E-state index contributed by atoms with van der Waals surface area (Å²) in [6, 6.07) is 42.3. The van der Waals surface area contributed by atoms with E-state index in [0.29, 0.717) is 72.7 Å². The maximum Gasteiger partial charge on any atom is 0.373 e. The predicted molar refractivity (Wildman–Crippen MR) is 464 cm³/mol. The zero-order valence-corrected chi connectivity index (χ0v) is 70.8. The lowest BCUT2D eigenvalue weighted by atomic mass is 10.1. The van der Waals surface area contributed by atoms with Crippen LogP contribution in [0.2, 0.25) is 0 Å². The van der Waals surface area contributed by atoms with Crippen LogP contribution in [0.15, 0.2) is 198 Å². The maximum absolute atomic E-state index is 12.0. The van der Waals surface area contributed by atoms with Gasteiger partial charge < -0.3 is 78.0 Å². The quantitative estimate of drug-likeness (QED) is 0.0120. The van der Waals surface area contributed by atoms with Gasteiger partial charge in [0.2, 0.25) is 0 Å². The molecule has 0 atom stereocenters. The van der Waals surface area contributed by atoms with Crippen molar-refractivity contribution in [2.45, 2.75) is 121 Å². The minimum Gasteiger partial charge on any atom is -0.497 e. The number of fused-ring (bicyclic) bond motifs is 3. The number of nitrogens with zero attached hydrogens (tertiary/aromatic N) is 11. The molecule has 14 rings (SSSR count). The van der Waals surface area contributed by atoms with Gasteiger partial charge in [-0.1, -0.05) is 85.3 Å². The number of aromatic nitrogens is 12. The van der Waals surface area contributed by atoms with Crippen LogP contribution in [0.25, 0.3) is 33.1 Å². The van der Waals surface area contributed by atoms with Crippen molar-refractivity contribution in [1.29, 1.82) is 0 Å². The molecule has 0 radical (unpaired) electrons. The van der Waals surface area contributed by atoms with Gasteiger partial charge in [0.15, 0.2) is 5.43 Å². The minimum atomic E-state index is -0.765. The van der Waals surface area contributed by atoms with E-state index < -0.39 is 21.0 Å². The number of nitrogens with two attached hydrogens (primary N) is 1. The number of H-pyrrole nitrogens is 3. The second-order valence-corrected chi connectivity index (χ2v) is 27.2. The van der Waals surface area contributed by atoms with Crippen LogP contribution in [0.4, 0.5) is 17.1 Å². The van der Waals surface area contributed by atoms with E-state index in [2.05, 4.69) is 110 Å². The fourth-order valence-electron chi connectivity index (χ4n) is 12.3. The van der Waals surface area contributed by atoms with Crippen LogP contribution in [-0.2, 0) is 104 Å². The average molecular weight is 1710 g/mol. The maximum atomic E-state index is 12.0. The van der Waals surface area contributed by atoms with Crippen molar-refractivity contribution < 1.29 is 72.1 Å². The molecule has 9 heterocycles. The SMILES string of the molecule is CCc1cnc(C)c2ncn(Cc3ccc(OC)cc3)c12.COc1ccc(CNc2c(COC=O)cnc(C)c2[N+](=O)[O-])cc1.COc1ccc(Cn2cnc3c(C)[nH]c(=O)c(CO)c32)cc1.COc1ccc(Cn2cnc3c(C)ncc(COC=O)c32)cc1.Cc1[nH]cc(COC=O)c(=O)c1[N+](=O)[O-].Cc1cc(=O)cc[nH]1.Cc1ccc(CN)cc1.O=C=O. The van der Waals surface area contributed by atoms with Crippen LogP contribution in [-0.4, -0.2) is 128 Å². The smallest absolute Gasteiger partial charge is 0.373 e. The first-order valence-electron chi connectivity index (χ1n) is 38.3. The lowest BCUT2D eigenvalue weighted by molar-refractivity contribution is -0.386. The van der Waals surface area contributed by atoms with Crippen LogP contribution in [0.1, 0.15) is 102 Å². The van der Waals surface area contributed by atoms with Crippen molar-refractivity contribution in [3.05, 3.63) is 330 Å². The molecular formula is C89H96N16O20. The third kappa shape index (κ3) is 27.7. The molecule has 125 heavy (non-hydrogen) atoms. The molecule has 0 spiro atoms. The topological polar surface area (TPSA) is 485 Å². The second-order valence-electron chi connectivity index (χ2n) is 27.2. The summed E-state index contributed by atoms with van der Waals surface area (Å²) in [5, 5.41) is 34.5. The number of aryl methyl sites for hydroxylation is 8. The third-order valence-electron chi connectivity index (χ3n) is 18.8. The summed E-state index contributed by atoms with van der Waals surface area (Å²) in [7, 11) is 6.53. The number of anilines is 1. The highest BCUT2D eigenvalue weighted by molar-refractivity contribution is 5.82. The first kappa shape index (κ1) is 96.5. The molecule has 0 unspecified atom stereocenters. The Kier molecular flexibility index (Phi) is 37.9. The zero-order chi connectivity index (χ0) is 91.1. The van der Waals surface area contributed by atoms with Crippen LogP contribution < -0.4 is 46.4 Å². The van der Waals surface area contributed by atoms with E-state index in [1.807, 2.05) is 115 Å². The number of benzene rings is 5. The number of aromatic amines is 3. The van der Waals surface area contributed by atoms with Gasteiger partial charge in [-0.25, -0.2) is 15.0 Å².